The number of phenols is 1. The molecule has 1 saturated heterocycles. The number of amides is 4. The Morgan fingerprint density at radius 2 is 1.93 bits per heavy atom. The van der Waals surface area contributed by atoms with E-state index in [1.54, 1.807) is 6.92 Å². The van der Waals surface area contributed by atoms with Gasteiger partial charge in [-0.3, -0.25) is 14.9 Å². The van der Waals surface area contributed by atoms with Gasteiger partial charge in [0.05, 0.1) is 12.3 Å². The minimum absolute atomic E-state index is 0.0580. The fraction of sp³-hybridized carbons (Fsp3) is 0.105. The van der Waals surface area contributed by atoms with E-state index >= 15 is 0 Å². The van der Waals surface area contributed by atoms with Gasteiger partial charge in [0.2, 0.25) is 0 Å². The van der Waals surface area contributed by atoms with Gasteiger partial charge in [-0.15, -0.1) is 0 Å². The van der Waals surface area contributed by atoms with Crippen LogP contribution in [0.1, 0.15) is 12.5 Å². The average molecular weight is 484 g/mol. The maximum Gasteiger partial charge on any atom is 0.335 e. The van der Waals surface area contributed by atoms with Crippen molar-refractivity contribution in [1.82, 2.24) is 5.32 Å². The monoisotopic (exact) mass is 482 g/mol. The van der Waals surface area contributed by atoms with E-state index < -0.39 is 23.7 Å². The zero-order valence-electron chi connectivity index (χ0n) is 14.8. The number of carbonyl (C=O) groups is 3. The molecule has 0 spiro atoms. The number of nitrogens with one attached hydrogen (secondary N) is 1. The van der Waals surface area contributed by atoms with Crippen molar-refractivity contribution in [2.45, 2.75) is 6.92 Å². The molecule has 0 aliphatic carbocycles. The lowest BCUT2D eigenvalue weighted by Crippen LogP contribution is -2.54. The number of anilines is 1. The van der Waals surface area contributed by atoms with E-state index in [0.29, 0.717) is 4.90 Å². The lowest BCUT2D eigenvalue weighted by molar-refractivity contribution is -0.122. The first-order valence-electron chi connectivity index (χ1n) is 8.25. The Hall–Kier alpha value is -2.91. The molecular formula is C19H13BrClFN2O5. The van der Waals surface area contributed by atoms with Gasteiger partial charge in [-0.1, -0.05) is 11.6 Å². The van der Waals surface area contributed by atoms with Crippen LogP contribution in [-0.4, -0.2) is 29.6 Å². The Morgan fingerprint density at radius 1 is 1.28 bits per heavy atom. The van der Waals surface area contributed by atoms with Crippen LogP contribution in [0.3, 0.4) is 0 Å². The summed E-state index contributed by atoms with van der Waals surface area (Å²) in [5, 5.41) is 12.0. The minimum Gasteiger partial charge on any atom is -0.503 e. The first-order valence-corrected chi connectivity index (χ1v) is 9.42. The molecule has 0 bridgehead atoms. The van der Waals surface area contributed by atoms with Gasteiger partial charge in [0.1, 0.15) is 16.4 Å². The smallest absolute Gasteiger partial charge is 0.335 e. The van der Waals surface area contributed by atoms with Crippen LogP contribution in [0, 0.1) is 5.82 Å². The third kappa shape index (κ3) is 3.96. The number of phenolic OH excluding ortho intramolecular Hbond substituents is 1. The van der Waals surface area contributed by atoms with E-state index in [1.807, 2.05) is 0 Å². The molecule has 0 aromatic heterocycles. The molecule has 0 radical (unpaired) electrons. The van der Waals surface area contributed by atoms with Gasteiger partial charge in [-0.2, -0.15) is 0 Å². The second-order valence-electron chi connectivity index (χ2n) is 5.81. The van der Waals surface area contributed by atoms with Gasteiger partial charge in [-0.05, 0) is 64.8 Å². The van der Waals surface area contributed by atoms with Crippen LogP contribution in [0.15, 0.2) is 40.4 Å². The third-order valence-electron chi connectivity index (χ3n) is 3.96. The summed E-state index contributed by atoms with van der Waals surface area (Å²) in [5.41, 5.74) is -0.00732. The fourth-order valence-corrected chi connectivity index (χ4v) is 3.24. The number of hydrogen-bond donors (Lipinski definition) is 2. The van der Waals surface area contributed by atoms with Crippen molar-refractivity contribution in [1.29, 1.82) is 0 Å². The highest BCUT2D eigenvalue weighted by Gasteiger charge is 2.37. The Kier molecular flexibility index (Phi) is 5.90. The van der Waals surface area contributed by atoms with E-state index in [9.17, 15) is 23.9 Å². The molecule has 7 nitrogen and oxygen atoms in total. The van der Waals surface area contributed by atoms with Crippen molar-refractivity contribution < 1.29 is 28.6 Å². The van der Waals surface area contributed by atoms with Gasteiger partial charge in [-0.25, -0.2) is 14.1 Å². The summed E-state index contributed by atoms with van der Waals surface area (Å²) < 4.78 is 18.7. The van der Waals surface area contributed by atoms with Gasteiger partial charge in [0, 0.05) is 4.47 Å². The number of urea groups is 1. The minimum atomic E-state index is -0.957. The van der Waals surface area contributed by atoms with Crippen LogP contribution in [0.4, 0.5) is 14.9 Å². The highest BCUT2D eigenvalue weighted by atomic mass is 79.9. The van der Waals surface area contributed by atoms with Crippen LogP contribution in [0.2, 0.25) is 5.02 Å². The SMILES string of the molecule is CCOc1cc(/C=C2\C(=O)NC(=O)N(c3ccc(F)cc3)C2=O)c(Br)c(Cl)c1O. The van der Waals surface area contributed by atoms with Crippen molar-refractivity contribution in [2.24, 2.45) is 0 Å². The molecule has 3 rings (SSSR count). The van der Waals surface area contributed by atoms with Gasteiger partial charge in [0.25, 0.3) is 11.8 Å². The van der Waals surface area contributed by atoms with Crippen molar-refractivity contribution in [3.8, 4) is 11.5 Å². The Balaban J connectivity index is 2.08. The Morgan fingerprint density at radius 3 is 2.55 bits per heavy atom. The predicted molar refractivity (Wildman–Crippen MR) is 107 cm³/mol. The lowest BCUT2D eigenvalue weighted by Gasteiger charge is -2.26. The number of benzene rings is 2. The lowest BCUT2D eigenvalue weighted by atomic mass is 10.1. The highest BCUT2D eigenvalue weighted by Crippen LogP contribution is 2.42. The van der Waals surface area contributed by atoms with Crippen LogP contribution in [-0.2, 0) is 9.59 Å². The summed E-state index contributed by atoms with van der Waals surface area (Å²) >= 11 is 9.29. The van der Waals surface area contributed by atoms with Crippen LogP contribution < -0.4 is 15.0 Å². The van der Waals surface area contributed by atoms with E-state index in [-0.39, 0.29) is 44.4 Å². The largest absolute Gasteiger partial charge is 0.503 e. The van der Waals surface area contributed by atoms with Gasteiger partial charge >= 0.3 is 6.03 Å². The quantitative estimate of drug-likeness (QED) is 0.506. The first kappa shape index (κ1) is 20.8. The number of barbiturate groups is 1. The molecule has 29 heavy (non-hydrogen) atoms. The van der Waals surface area contributed by atoms with E-state index in [0.717, 1.165) is 12.1 Å². The molecule has 1 fully saturated rings. The summed E-state index contributed by atoms with van der Waals surface area (Å²) in [6, 6.07) is 5.07. The molecule has 2 aromatic rings. The molecule has 2 aromatic carbocycles. The van der Waals surface area contributed by atoms with E-state index in [1.165, 1.54) is 24.3 Å². The fourth-order valence-electron chi connectivity index (χ4n) is 2.62. The number of imide groups is 2. The van der Waals surface area contributed by atoms with Crippen LogP contribution >= 0.6 is 27.5 Å². The van der Waals surface area contributed by atoms with Crippen molar-refractivity contribution in [2.75, 3.05) is 11.5 Å². The van der Waals surface area contributed by atoms with Gasteiger partial charge < -0.3 is 9.84 Å². The molecule has 150 valence electrons. The molecule has 4 amide bonds. The maximum atomic E-state index is 13.2. The molecule has 1 heterocycles. The molecule has 0 saturated carbocycles. The normalized spacial score (nSPS) is 15.7. The Labute approximate surface area is 177 Å². The molecule has 0 unspecified atom stereocenters. The molecule has 1 aliphatic rings. The summed E-state index contributed by atoms with van der Waals surface area (Å²) in [4.78, 5) is 38.0. The summed E-state index contributed by atoms with van der Waals surface area (Å²) in [6.45, 7) is 1.95. The number of rotatable bonds is 4. The molecule has 1 aliphatic heterocycles. The van der Waals surface area contributed by atoms with Gasteiger partial charge in [0.15, 0.2) is 11.5 Å². The first-order chi connectivity index (χ1) is 13.7. The standard InChI is InChI=1S/C19H13BrClFN2O5/c1-2-29-13-8-9(14(20)15(21)16(13)25)7-12-17(26)23-19(28)24(18(12)27)11-5-3-10(22)4-6-11/h3-8,25H,2H2,1H3,(H,23,26,28)/b12-7+. The van der Waals surface area contributed by atoms with Crippen LogP contribution in [0.25, 0.3) is 6.08 Å². The van der Waals surface area contributed by atoms with Crippen molar-refractivity contribution in [3.63, 3.8) is 0 Å². The second kappa shape index (κ2) is 8.22. The second-order valence-corrected chi connectivity index (χ2v) is 6.98. The number of halogens is 3. The van der Waals surface area contributed by atoms with Crippen molar-refractivity contribution >= 4 is 57.1 Å². The summed E-state index contributed by atoms with van der Waals surface area (Å²) in [6.07, 6.45) is 1.21. The number of carbonyl (C=O) groups excluding carboxylic acids is 3. The molecule has 10 heteroatoms. The molecule has 2 N–H and O–H groups in total. The third-order valence-corrected chi connectivity index (χ3v) is 5.41. The topological polar surface area (TPSA) is 95.9 Å². The average Bonchev–Trinajstić information content (AvgIpc) is 2.68. The van der Waals surface area contributed by atoms with E-state index in [4.69, 9.17) is 16.3 Å². The number of nitrogens with zero attached hydrogens (tertiary/aromatic N) is 1. The highest BCUT2D eigenvalue weighted by molar-refractivity contribution is 9.10. The zero-order chi connectivity index (χ0) is 21.3. The predicted octanol–water partition coefficient (Wildman–Crippen LogP) is 4.01. The van der Waals surface area contributed by atoms with E-state index in [2.05, 4.69) is 21.2 Å². The summed E-state index contributed by atoms with van der Waals surface area (Å²) in [5.74, 6) is -2.60. The number of ether oxygens (including phenoxy) is 1. The molecule has 0 atom stereocenters. The number of aromatic hydroxyl groups is 1. The van der Waals surface area contributed by atoms with Crippen molar-refractivity contribution in [3.05, 3.63) is 56.8 Å². The zero-order valence-corrected chi connectivity index (χ0v) is 17.2. The molecular weight excluding hydrogens is 471 g/mol. The summed E-state index contributed by atoms with van der Waals surface area (Å²) in [7, 11) is 0. The maximum absolute atomic E-state index is 13.2. The van der Waals surface area contributed by atoms with Crippen LogP contribution in [0.5, 0.6) is 11.5 Å². The number of hydrogen-bond acceptors (Lipinski definition) is 5. The Bertz CT molecular complexity index is 1060.